The molecule has 0 radical (unpaired) electrons. The summed E-state index contributed by atoms with van der Waals surface area (Å²) in [5, 5.41) is 10.5. The van der Waals surface area contributed by atoms with E-state index in [9.17, 15) is 13.9 Å². The Morgan fingerprint density at radius 2 is 1.76 bits per heavy atom. The molecule has 1 aliphatic carbocycles. The van der Waals surface area contributed by atoms with Crippen LogP contribution in [-0.4, -0.2) is 5.11 Å². The topological polar surface area (TPSA) is 20.2 Å². The molecule has 1 aromatic carbocycles. The molecule has 94 valence electrons. The lowest BCUT2D eigenvalue weighted by molar-refractivity contribution is 0.0296. The fraction of sp³-hybridized carbons (Fsp3) is 0.571. The summed E-state index contributed by atoms with van der Waals surface area (Å²) in [6.45, 7) is 5.59. The van der Waals surface area contributed by atoms with Crippen molar-refractivity contribution in [3.63, 3.8) is 0 Å². The number of aryl methyl sites for hydroxylation is 1. The molecule has 0 amide bonds. The third-order valence-electron chi connectivity index (χ3n) is 3.76. The molecule has 1 fully saturated rings. The Morgan fingerprint density at radius 3 is 2.29 bits per heavy atom. The Morgan fingerprint density at radius 1 is 1.12 bits per heavy atom. The number of aliphatic hydroxyl groups is 1. The molecule has 0 aliphatic heterocycles. The second kappa shape index (κ2) is 3.77. The van der Waals surface area contributed by atoms with Crippen LogP contribution in [0.2, 0.25) is 0 Å². The van der Waals surface area contributed by atoms with Crippen LogP contribution in [0.3, 0.4) is 0 Å². The molecular weight excluding hydrogens is 222 g/mol. The smallest absolute Gasteiger partial charge is 0.165 e. The zero-order valence-corrected chi connectivity index (χ0v) is 10.5. The van der Waals surface area contributed by atoms with Crippen molar-refractivity contribution >= 4 is 0 Å². The van der Waals surface area contributed by atoms with Crippen LogP contribution in [-0.2, 0) is 5.60 Å². The molecule has 3 heteroatoms. The monoisotopic (exact) mass is 240 g/mol. The van der Waals surface area contributed by atoms with Gasteiger partial charge in [-0.2, -0.15) is 0 Å². The summed E-state index contributed by atoms with van der Waals surface area (Å²) in [5.74, 6) is -1.74. The van der Waals surface area contributed by atoms with Gasteiger partial charge in [0.15, 0.2) is 11.6 Å². The second-order valence-corrected chi connectivity index (χ2v) is 5.93. The summed E-state index contributed by atoms with van der Waals surface area (Å²) in [7, 11) is 0. The maximum absolute atomic E-state index is 13.9. The maximum Gasteiger partial charge on any atom is 0.165 e. The van der Waals surface area contributed by atoms with Gasteiger partial charge in [-0.3, -0.25) is 0 Å². The Balaban J connectivity index is 2.45. The molecular formula is C14H18F2O. The van der Waals surface area contributed by atoms with Gasteiger partial charge in [0.2, 0.25) is 0 Å². The molecule has 1 aromatic rings. The molecule has 1 nitrogen and oxygen atoms in total. The van der Waals surface area contributed by atoms with Crippen LogP contribution in [0.15, 0.2) is 12.1 Å². The van der Waals surface area contributed by atoms with E-state index in [0.717, 1.165) is 6.42 Å². The summed E-state index contributed by atoms with van der Waals surface area (Å²) < 4.78 is 27.4. The average Bonchev–Trinajstić information content (AvgIpc) is 2.50. The van der Waals surface area contributed by atoms with Crippen molar-refractivity contribution in [2.24, 2.45) is 5.41 Å². The molecule has 1 saturated carbocycles. The minimum Gasteiger partial charge on any atom is -0.385 e. The highest BCUT2D eigenvalue weighted by molar-refractivity contribution is 5.31. The highest BCUT2D eigenvalue weighted by Crippen LogP contribution is 2.49. The van der Waals surface area contributed by atoms with Gasteiger partial charge in [0.1, 0.15) is 0 Å². The summed E-state index contributed by atoms with van der Waals surface area (Å²) in [6, 6.07) is 3.03. The molecule has 2 rings (SSSR count). The fourth-order valence-electron chi connectivity index (χ4n) is 2.75. The van der Waals surface area contributed by atoms with Gasteiger partial charge in [-0.25, -0.2) is 8.78 Å². The van der Waals surface area contributed by atoms with Crippen molar-refractivity contribution in [3.05, 3.63) is 34.9 Å². The van der Waals surface area contributed by atoms with Crippen LogP contribution < -0.4 is 0 Å². The number of halogens is 2. The fourth-order valence-corrected chi connectivity index (χ4v) is 2.75. The largest absolute Gasteiger partial charge is 0.385 e. The number of benzene rings is 1. The first-order valence-corrected chi connectivity index (χ1v) is 5.93. The van der Waals surface area contributed by atoms with Gasteiger partial charge in [-0.15, -0.1) is 0 Å². The van der Waals surface area contributed by atoms with Gasteiger partial charge < -0.3 is 5.11 Å². The predicted molar refractivity (Wildman–Crippen MR) is 62.6 cm³/mol. The molecule has 1 atom stereocenters. The van der Waals surface area contributed by atoms with Crippen LogP contribution in [0.1, 0.15) is 44.2 Å². The van der Waals surface area contributed by atoms with Gasteiger partial charge in [0.25, 0.3) is 0 Å². The van der Waals surface area contributed by atoms with Crippen molar-refractivity contribution < 1.29 is 13.9 Å². The Kier molecular flexibility index (Phi) is 2.77. The Labute approximate surface area is 100 Å². The number of rotatable bonds is 1. The molecule has 0 aromatic heterocycles. The van der Waals surface area contributed by atoms with Crippen LogP contribution in [0.5, 0.6) is 0 Å². The quantitative estimate of drug-likeness (QED) is 0.794. The van der Waals surface area contributed by atoms with E-state index >= 15 is 0 Å². The number of hydrogen-bond acceptors (Lipinski definition) is 1. The lowest BCUT2D eigenvalue weighted by Crippen LogP contribution is -2.25. The van der Waals surface area contributed by atoms with Gasteiger partial charge in [-0.05, 0) is 37.2 Å². The summed E-state index contributed by atoms with van der Waals surface area (Å²) >= 11 is 0. The molecule has 0 bridgehead atoms. The number of hydrogen-bond donors (Lipinski definition) is 1. The maximum atomic E-state index is 13.9. The minimum absolute atomic E-state index is 0.0252. The van der Waals surface area contributed by atoms with Crippen molar-refractivity contribution in [3.8, 4) is 0 Å². The summed E-state index contributed by atoms with van der Waals surface area (Å²) in [5.41, 5.74) is -0.872. The lowest BCUT2D eigenvalue weighted by atomic mass is 9.85. The van der Waals surface area contributed by atoms with E-state index in [-0.39, 0.29) is 16.5 Å². The van der Waals surface area contributed by atoms with Crippen LogP contribution in [0, 0.1) is 24.0 Å². The standard InChI is InChI=1S/C14H18F2O/c1-9-4-5-10(12(16)11(9)15)14(17)7-6-13(2,3)8-14/h4-5,17H,6-8H2,1-3H3. The third kappa shape index (κ3) is 2.08. The first-order chi connectivity index (χ1) is 7.75. The Hall–Kier alpha value is -0.960. The molecule has 1 aliphatic rings. The Bertz CT molecular complexity index is 454. The molecule has 0 heterocycles. The third-order valence-corrected chi connectivity index (χ3v) is 3.76. The molecule has 17 heavy (non-hydrogen) atoms. The van der Waals surface area contributed by atoms with Gasteiger partial charge in [-0.1, -0.05) is 26.0 Å². The van der Waals surface area contributed by atoms with E-state index in [0.29, 0.717) is 12.8 Å². The van der Waals surface area contributed by atoms with E-state index in [4.69, 9.17) is 0 Å². The van der Waals surface area contributed by atoms with Crippen LogP contribution in [0.4, 0.5) is 8.78 Å². The van der Waals surface area contributed by atoms with Crippen molar-refractivity contribution in [1.29, 1.82) is 0 Å². The molecule has 0 saturated heterocycles. The lowest BCUT2D eigenvalue weighted by Gasteiger charge is -2.26. The van der Waals surface area contributed by atoms with Crippen molar-refractivity contribution in [2.45, 2.75) is 45.6 Å². The van der Waals surface area contributed by atoms with Gasteiger partial charge >= 0.3 is 0 Å². The van der Waals surface area contributed by atoms with Crippen molar-refractivity contribution in [1.82, 2.24) is 0 Å². The molecule has 1 unspecified atom stereocenters. The first-order valence-electron chi connectivity index (χ1n) is 5.93. The van der Waals surface area contributed by atoms with E-state index in [1.54, 1.807) is 0 Å². The second-order valence-electron chi connectivity index (χ2n) is 5.93. The van der Waals surface area contributed by atoms with E-state index in [2.05, 4.69) is 0 Å². The zero-order valence-electron chi connectivity index (χ0n) is 10.5. The van der Waals surface area contributed by atoms with E-state index < -0.39 is 17.2 Å². The average molecular weight is 240 g/mol. The van der Waals surface area contributed by atoms with Gasteiger partial charge in [0.05, 0.1) is 5.60 Å². The van der Waals surface area contributed by atoms with E-state index in [1.165, 1.54) is 19.1 Å². The minimum atomic E-state index is -1.22. The molecule has 0 spiro atoms. The van der Waals surface area contributed by atoms with Crippen LogP contribution >= 0.6 is 0 Å². The SMILES string of the molecule is Cc1ccc(C2(O)CCC(C)(C)C2)c(F)c1F. The highest BCUT2D eigenvalue weighted by atomic mass is 19.2. The highest BCUT2D eigenvalue weighted by Gasteiger charge is 2.44. The van der Waals surface area contributed by atoms with E-state index in [1.807, 2.05) is 13.8 Å². The zero-order chi connectivity index (χ0) is 12.8. The van der Waals surface area contributed by atoms with Crippen molar-refractivity contribution in [2.75, 3.05) is 0 Å². The van der Waals surface area contributed by atoms with Gasteiger partial charge in [0, 0.05) is 5.56 Å². The predicted octanol–water partition coefficient (Wildman–Crippen LogP) is 3.67. The summed E-state index contributed by atoms with van der Waals surface area (Å²) in [4.78, 5) is 0. The summed E-state index contributed by atoms with van der Waals surface area (Å²) in [6.07, 6.45) is 1.78. The first kappa shape index (κ1) is 12.5. The van der Waals surface area contributed by atoms with Crippen LogP contribution in [0.25, 0.3) is 0 Å². The normalized spacial score (nSPS) is 27.4. The molecule has 1 N–H and O–H groups in total.